The summed E-state index contributed by atoms with van der Waals surface area (Å²) in [6, 6.07) is 43.4. The number of anilines is 3. The molecule has 0 spiro atoms. The van der Waals surface area contributed by atoms with Crippen molar-refractivity contribution < 1.29 is 0 Å². The predicted molar refractivity (Wildman–Crippen MR) is 212 cm³/mol. The van der Waals surface area contributed by atoms with Gasteiger partial charge < -0.3 is 4.90 Å². The number of rotatable bonds is 5. The monoisotopic (exact) mass is 645 g/mol. The number of nitrogens with zero attached hydrogens (tertiary/aromatic N) is 1. The van der Waals surface area contributed by atoms with E-state index in [4.69, 9.17) is 0 Å². The summed E-state index contributed by atoms with van der Waals surface area (Å²) in [5.41, 5.74) is 14.8. The second-order valence-corrected chi connectivity index (χ2v) is 18.0. The van der Waals surface area contributed by atoms with E-state index in [2.05, 4.69) is 203 Å². The summed E-state index contributed by atoms with van der Waals surface area (Å²) < 4.78 is 0. The average Bonchev–Trinajstić information content (AvgIpc) is 3.25. The van der Waals surface area contributed by atoms with Gasteiger partial charge in [0.2, 0.25) is 0 Å². The maximum Gasteiger partial charge on any atom is 0.0473 e. The van der Waals surface area contributed by atoms with Gasteiger partial charge in [0.15, 0.2) is 0 Å². The summed E-state index contributed by atoms with van der Waals surface area (Å²) in [7, 11) is 0. The van der Waals surface area contributed by atoms with E-state index in [1.807, 2.05) is 0 Å². The Kier molecular flexibility index (Phi) is 7.29. The summed E-state index contributed by atoms with van der Waals surface area (Å²) in [6.07, 6.45) is 0. The van der Waals surface area contributed by atoms with Crippen molar-refractivity contribution in [3.8, 4) is 22.3 Å². The van der Waals surface area contributed by atoms with Crippen molar-refractivity contribution in [3.63, 3.8) is 0 Å². The molecule has 0 saturated carbocycles. The van der Waals surface area contributed by atoms with Crippen LogP contribution in [-0.4, -0.2) is 0 Å². The summed E-state index contributed by atoms with van der Waals surface area (Å²) in [5.74, 6) is 0. The number of para-hydroxylation sites is 2. The minimum atomic E-state index is 0.0353. The van der Waals surface area contributed by atoms with Crippen molar-refractivity contribution in [1.82, 2.24) is 0 Å². The van der Waals surface area contributed by atoms with Crippen LogP contribution in [-0.2, 0) is 21.7 Å². The average molecular weight is 646 g/mol. The molecule has 0 amide bonds. The second kappa shape index (κ2) is 10.7. The highest BCUT2D eigenvalue weighted by atomic mass is 15.1. The first-order valence-corrected chi connectivity index (χ1v) is 18.2. The quantitative estimate of drug-likeness (QED) is 0.184. The number of benzene rings is 5. The molecule has 0 aliphatic heterocycles. The molecule has 0 radical (unpaired) electrons. The molecule has 0 saturated heterocycles. The molecule has 2 aliphatic carbocycles. The van der Waals surface area contributed by atoms with E-state index in [9.17, 15) is 0 Å². The summed E-state index contributed by atoms with van der Waals surface area (Å²) >= 11 is 0. The fourth-order valence-electron chi connectivity index (χ4n) is 9.16. The fraction of sp³-hybridized carbons (Fsp3) is 0.375. The molecule has 0 bridgehead atoms. The van der Waals surface area contributed by atoms with Gasteiger partial charge in [-0.15, -0.1) is 0 Å². The molecule has 252 valence electrons. The lowest BCUT2D eigenvalue weighted by Gasteiger charge is -2.44. The standard InChI is InChI=1S/C48H55N/c1-43(2)39-25-23-32(30-41(39)45(5,6)47(43,9)10)34-27-35(33-24-26-40-42(31-33)46(7,8)48(11,12)44(40,3)4)29-38(28-34)49(36-19-15-13-16-20-36)37-21-17-14-18-22-37/h13-31H,1-12H3. The van der Waals surface area contributed by atoms with Gasteiger partial charge in [0.1, 0.15) is 0 Å². The molecular formula is C48H55N. The van der Waals surface area contributed by atoms with Crippen molar-refractivity contribution in [2.75, 3.05) is 4.90 Å². The van der Waals surface area contributed by atoms with E-state index < -0.39 is 0 Å². The first-order chi connectivity index (χ1) is 22.8. The summed E-state index contributed by atoms with van der Waals surface area (Å²) in [6.45, 7) is 29.2. The van der Waals surface area contributed by atoms with Crippen molar-refractivity contribution in [2.24, 2.45) is 10.8 Å². The SMILES string of the molecule is CC1(C)c2ccc(-c3cc(-c4ccc5c(c4)C(C)(C)C(C)(C)C5(C)C)cc(N(c4ccccc4)c4ccccc4)c3)cc2C(C)(C)C1(C)C. The zero-order valence-corrected chi connectivity index (χ0v) is 31.9. The fourth-order valence-corrected chi connectivity index (χ4v) is 9.16. The first kappa shape index (κ1) is 33.4. The van der Waals surface area contributed by atoms with E-state index >= 15 is 0 Å². The first-order valence-electron chi connectivity index (χ1n) is 18.2. The Bertz CT molecular complexity index is 1910. The molecule has 0 aromatic heterocycles. The van der Waals surface area contributed by atoms with Crippen molar-refractivity contribution in [2.45, 2.75) is 105 Å². The summed E-state index contributed by atoms with van der Waals surface area (Å²) in [5, 5.41) is 0. The molecule has 0 unspecified atom stereocenters. The van der Waals surface area contributed by atoms with Crippen LogP contribution in [0.15, 0.2) is 115 Å². The Morgan fingerprint density at radius 2 is 0.653 bits per heavy atom. The van der Waals surface area contributed by atoms with E-state index in [0.29, 0.717) is 0 Å². The maximum absolute atomic E-state index is 2.50. The predicted octanol–water partition coefficient (Wildman–Crippen LogP) is 13.7. The van der Waals surface area contributed by atoms with Crippen LogP contribution in [0.2, 0.25) is 0 Å². The van der Waals surface area contributed by atoms with Gasteiger partial charge >= 0.3 is 0 Å². The third-order valence-corrected chi connectivity index (χ3v) is 14.9. The van der Waals surface area contributed by atoms with Gasteiger partial charge in [-0.1, -0.05) is 156 Å². The molecule has 5 aromatic carbocycles. The highest BCUT2D eigenvalue weighted by molar-refractivity contribution is 5.85. The minimum absolute atomic E-state index is 0.0353. The Morgan fingerprint density at radius 3 is 1.02 bits per heavy atom. The smallest absolute Gasteiger partial charge is 0.0473 e. The van der Waals surface area contributed by atoms with Gasteiger partial charge in [0, 0.05) is 17.1 Å². The van der Waals surface area contributed by atoms with E-state index in [1.165, 1.54) is 44.5 Å². The number of hydrogen-bond acceptors (Lipinski definition) is 1. The zero-order valence-electron chi connectivity index (χ0n) is 31.9. The molecule has 0 atom stereocenters. The van der Waals surface area contributed by atoms with Crippen LogP contribution in [0, 0.1) is 10.8 Å². The van der Waals surface area contributed by atoms with Crippen LogP contribution in [0.25, 0.3) is 22.3 Å². The molecule has 1 nitrogen and oxygen atoms in total. The third kappa shape index (κ3) is 4.57. The molecule has 0 heterocycles. The van der Waals surface area contributed by atoms with Crippen LogP contribution >= 0.6 is 0 Å². The van der Waals surface area contributed by atoms with Crippen LogP contribution in [0.3, 0.4) is 0 Å². The van der Waals surface area contributed by atoms with Crippen molar-refractivity contribution in [3.05, 3.63) is 138 Å². The highest BCUT2D eigenvalue weighted by Crippen LogP contribution is 2.63. The topological polar surface area (TPSA) is 3.24 Å². The molecule has 1 heteroatoms. The zero-order chi connectivity index (χ0) is 35.4. The maximum atomic E-state index is 2.50. The van der Waals surface area contributed by atoms with Gasteiger partial charge in [-0.05, 0) is 119 Å². The van der Waals surface area contributed by atoms with Crippen LogP contribution in [0.4, 0.5) is 17.1 Å². The van der Waals surface area contributed by atoms with Gasteiger partial charge in [-0.3, -0.25) is 0 Å². The van der Waals surface area contributed by atoms with Crippen molar-refractivity contribution >= 4 is 17.1 Å². The molecule has 0 fully saturated rings. The molecule has 0 N–H and O–H groups in total. The van der Waals surface area contributed by atoms with Crippen LogP contribution in [0.5, 0.6) is 0 Å². The molecule has 7 rings (SSSR count). The van der Waals surface area contributed by atoms with Gasteiger partial charge in [0.25, 0.3) is 0 Å². The lowest BCUT2D eigenvalue weighted by atomic mass is 9.59. The Balaban J connectivity index is 1.48. The van der Waals surface area contributed by atoms with Gasteiger partial charge in [0.05, 0.1) is 0 Å². The normalized spacial score (nSPS) is 20.0. The van der Waals surface area contributed by atoms with Crippen LogP contribution in [0.1, 0.15) is 105 Å². The largest absolute Gasteiger partial charge is 0.310 e. The second-order valence-electron chi connectivity index (χ2n) is 18.0. The molecule has 49 heavy (non-hydrogen) atoms. The minimum Gasteiger partial charge on any atom is -0.310 e. The third-order valence-electron chi connectivity index (χ3n) is 14.9. The lowest BCUT2D eigenvalue weighted by Crippen LogP contribution is -2.42. The number of fused-ring (bicyclic) bond motifs is 2. The number of hydrogen-bond donors (Lipinski definition) is 0. The Hall–Kier alpha value is -4.10. The molecule has 5 aromatic rings. The van der Waals surface area contributed by atoms with Gasteiger partial charge in [-0.2, -0.15) is 0 Å². The lowest BCUT2D eigenvalue weighted by molar-refractivity contribution is 0.125. The van der Waals surface area contributed by atoms with E-state index in [0.717, 1.165) is 17.1 Å². The Morgan fingerprint density at radius 1 is 0.306 bits per heavy atom. The highest BCUT2D eigenvalue weighted by Gasteiger charge is 2.57. The van der Waals surface area contributed by atoms with Crippen molar-refractivity contribution in [1.29, 1.82) is 0 Å². The van der Waals surface area contributed by atoms with Crippen LogP contribution < -0.4 is 4.90 Å². The molecule has 2 aliphatic rings. The molecular weight excluding hydrogens is 591 g/mol. The van der Waals surface area contributed by atoms with E-state index in [1.54, 1.807) is 0 Å². The van der Waals surface area contributed by atoms with Gasteiger partial charge in [-0.25, -0.2) is 0 Å². The summed E-state index contributed by atoms with van der Waals surface area (Å²) in [4.78, 5) is 2.40. The Labute approximate surface area is 296 Å². The van der Waals surface area contributed by atoms with E-state index in [-0.39, 0.29) is 32.5 Å².